The van der Waals surface area contributed by atoms with Crippen molar-refractivity contribution in [2.24, 2.45) is 0 Å². The van der Waals surface area contributed by atoms with Crippen LogP contribution >= 0.6 is 0 Å². The Balaban J connectivity index is 2.25. The number of hydrogen-bond acceptors (Lipinski definition) is 3. The van der Waals surface area contributed by atoms with Crippen LogP contribution in [0.15, 0.2) is 48.5 Å². The first-order chi connectivity index (χ1) is 15.7. The Kier molecular flexibility index (Phi) is 12.3. The minimum Gasteiger partial charge on any atom is -0.372 e. The Hall–Kier alpha value is -2.00. The Bertz CT molecular complexity index is 654. The van der Waals surface area contributed by atoms with Gasteiger partial charge >= 0.3 is 0 Å². The molecule has 3 heteroatoms. The van der Waals surface area contributed by atoms with E-state index in [1.807, 2.05) is 0 Å². The summed E-state index contributed by atoms with van der Waals surface area (Å²) in [5.74, 6) is 0. The van der Waals surface area contributed by atoms with Gasteiger partial charge in [0.05, 0.1) is 0 Å². The molecule has 2 aromatic rings. The van der Waals surface area contributed by atoms with Crippen molar-refractivity contribution in [3.63, 3.8) is 0 Å². The van der Waals surface area contributed by atoms with Gasteiger partial charge in [0, 0.05) is 44.2 Å². The maximum atomic E-state index is 6.42. The van der Waals surface area contributed by atoms with Gasteiger partial charge in [-0.25, -0.2) is 0 Å². The van der Waals surface area contributed by atoms with Crippen LogP contribution in [0.1, 0.15) is 90.4 Å². The molecule has 3 nitrogen and oxygen atoms in total. The number of hydrogen-bond donors (Lipinski definition) is 0. The summed E-state index contributed by atoms with van der Waals surface area (Å²) in [5.41, 5.74) is 5.11. The second kappa shape index (κ2) is 14.9. The monoisotopic (exact) mass is 438 g/mol. The molecule has 0 aliphatic carbocycles. The SMILES string of the molecule is CCCCOC(c1ccc(N(CCC)CCC)cc1)c1ccc(N(CCC)CCC)cc1. The van der Waals surface area contributed by atoms with E-state index in [-0.39, 0.29) is 6.10 Å². The maximum absolute atomic E-state index is 6.42. The molecule has 0 aliphatic rings. The van der Waals surface area contributed by atoms with Gasteiger partial charge in [0.1, 0.15) is 6.10 Å². The Labute approximate surface area is 197 Å². The van der Waals surface area contributed by atoms with Crippen molar-refractivity contribution in [2.45, 2.75) is 79.2 Å². The highest BCUT2D eigenvalue weighted by atomic mass is 16.5. The quantitative estimate of drug-likeness (QED) is 0.248. The molecular formula is C29H46N2O. The lowest BCUT2D eigenvalue weighted by Gasteiger charge is -2.26. The van der Waals surface area contributed by atoms with Crippen LogP contribution < -0.4 is 9.80 Å². The standard InChI is InChI=1S/C29H46N2O/c1-6-11-24-32-29(25-12-16-27(17-13-25)30(20-7-2)21-8-3)26-14-18-28(19-15-26)31(22-9-4)23-10-5/h12-19,29H,6-11,20-24H2,1-5H3. The zero-order valence-corrected chi connectivity index (χ0v) is 21.3. The van der Waals surface area contributed by atoms with E-state index >= 15 is 0 Å². The molecule has 0 N–H and O–H groups in total. The van der Waals surface area contributed by atoms with Crippen molar-refractivity contribution in [1.82, 2.24) is 0 Å². The number of benzene rings is 2. The minimum absolute atomic E-state index is 0.0127. The highest BCUT2D eigenvalue weighted by Crippen LogP contribution is 2.30. The zero-order valence-electron chi connectivity index (χ0n) is 21.3. The van der Waals surface area contributed by atoms with Crippen molar-refractivity contribution in [2.75, 3.05) is 42.6 Å². The van der Waals surface area contributed by atoms with E-state index in [4.69, 9.17) is 4.74 Å². The van der Waals surface area contributed by atoms with E-state index in [2.05, 4.69) is 92.9 Å². The molecule has 32 heavy (non-hydrogen) atoms. The molecule has 178 valence electrons. The topological polar surface area (TPSA) is 15.7 Å². The van der Waals surface area contributed by atoms with Crippen molar-refractivity contribution in [3.05, 3.63) is 59.7 Å². The first-order valence-corrected chi connectivity index (χ1v) is 13.0. The second-order valence-electron chi connectivity index (χ2n) is 8.76. The average Bonchev–Trinajstić information content (AvgIpc) is 2.82. The molecule has 0 heterocycles. The van der Waals surface area contributed by atoms with Gasteiger partial charge in [0.25, 0.3) is 0 Å². The summed E-state index contributed by atoms with van der Waals surface area (Å²) in [6, 6.07) is 18.1. The molecule has 0 saturated carbocycles. The van der Waals surface area contributed by atoms with Gasteiger partial charge < -0.3 is 14.5 Å². The number of nitrogens with zero attached hydrogens (tertiary/aromatic N) is 2. The first-order valence-electron chi connectivity index (χ1n) is 13.0. The van der Waals surface area contributed by atoms with E-state index < -0.39 is 0 Å². The van der Waals surface area contributed by atoms with Gasteiger partial charge in [0.2, 0.25) is 0 Å². The van der Waals surface area contributed by atoms with E-state index in [1.54, 1.807) is 0 Å². The zero-order chi connectivity index (χ0) is 23.2. The van der Waals surface area contributed by atoms with E-state index in [0.29, 0.717) is 0 Å². The fourth-order valence-electron chi connectivity index (χ4n) is 4.27. The summed E-state index contributed by atoms with van der Waals surface area (Å²) < 4.78 is 6.42. The minimum atomic E-state index is -0.0127. The molecule has 0 radical (unpaired) electrons. The molecule has 0 aliphatic heterocycles. The summed E-state index contributed by atoms with van der Waals surface area (Å²) in [6.45, 7) is 16.4. The highest BCUT2D eigenvalue weighted by Gasteiger charge is 2.16. The third-order valence-electron chi connectivity index (χ3n) is 5.88. The summed E-state index contributed by atoms with van der Waals surface area (Å²) in [4.78, 5) is 4.98. The normalized spacial score (nSPS) is 11.2. The summed E-state index contributed by atoms with van der Waals surface area (Å²) in [7, 11) is 0. The molecule has 0 fully saturated rings. The van der Waals surface area contributed by atoms with Crippen molar-refractivity contribution in [3.8, 4) is 0 Å². The largest absolute Gasteiger partial charge is 0.372 e. The van der Waals surface area contributed by atoms with Gasteiger partial charge in [0.15, 0.2) is 0 Å². The maximum Gasteiger partial charge on any atom is 0.108 e. The third kappa shape index (κ3) is 7.85. The second-order valence-corrected chi connectivity index (χ2v) is 8.76. The van der Waals surface area contributed by atoms with Crippen molar-refractivity contribution >= 4 is 11.4 Å². The van der Waals surface area contributed by atoms with Gasteiger partial charge in [-0.1, -0.05) is 65.3 Å². The number of anilines is 2. The highest BCUT2D eigenvalue weighted by molar-refractivity contribution is 5.51. The van der Waals surface area contributed by atoms with Crippen LogP contribution in [-0.4, -0.2) is 32.8 Å². The Morgan fingerprint density at radius 1 is 0.562 bits per heavy atom. The molecule has 0 unspecified atom stereocenters. The van der Waals surface area contributed by atoms with Gasteiger partial charge in [-0.15, -0.1) is 0 Å². The van der Waals surface area contributed by atoms with Crippen LogP contribution in [0.4, 0.5) is 11.4 Å². The molecule has 2 aromatic carbocycles. The lowest BCUT2D eigenvalue weighted by molar-refractivity contribution is 0.0779. The summed E-state index contributed by atoms with van der Waals surface area (Å²) >= 11 is 0. The molecule has 0 aromatic heterocycles. The molecule has 0 spiro atoms. The first kappa shape index (κ1) is 26.3. The summed E-state index contributed by atoms with van der Waals surface area (Å²) in [5, 5.41) is 0. The number of unbranched alkanes of at least 4 members (excludes halogenated alkanes) is 1. The molecule has 0 saturated heterocycles. The summed E-state index contributed by atoms with van der Waals surface area (Å²) in [6.07, 6.45) is 6.91. The number of rotatable bonds is 16. The van der Waals surface area contributed by atoms with E-state index in [1.165, 1.54) is 48.2 Å². The average molecular weight is 439 g/mol. The fourth-order valence-corrected chi connectivity index (χ4v) is 4.27. The van der Waals surface area contributed by atoms with E-state index in [0.717, 1.165) is 45.6 Å². The van der Waals surface area contributed by atoms with Crippen LogP contribution in [0.3, 0.4) is 0 Å². The lowest BCUT2D eigenvalue weighted by atomic mass is 10.00. The van der Waals surface area contributed by atoms with Crippen LogP contribution in [0.25, 0.3) is 0 Å². The smallest absolute Gasteiger partial charge is 0.108 e. The van der Waals surface area contributed by atoms with Crippen LogP contribution in [0.2, 0.25) is 0 Å². The Morgan fingerprint density at radius 2 is 0.938 bits per heavy atom. The molecule has 0 amide bonds. The third-order valence-corrected chi connectivity index (χ3v) is 5.88. The van der Waals surface area contributed by atoms with Crippen LogP contribution in [0.5, 0.6) is 0 Å². The van der Waals surface area contributed by atoms with Crippen molar-refractivity contribution in [1.29, 1.82) is 0 Å². The molecule has 2 rings (SSSR count). The molecular weight excluding hydrogens is 392 g/mol. The Morgan fingerprint density at radius 3 is 1.25 bits per heavy atom. The van der Waals surface area contributed by atoms with Crippen molar-refractivity contribution < 1.29 is 4.74 Å². The van der Waals surface area contributed by atoms with Crippen LogP contribution in [0, 0.1) is 0 Å². The fraction of sp³-hybridized carbons (Fsp3) is 0.586. The number of ether oxygens (including phenoxy) is 1. The van der Waals surface area contributed by atoms with Crippen LogP contribution in [-0.2, 0) is 4.74 Å². The molecule has 0 bridgehead atoms. The van der Waals surface area contributed by atoms with Gasteiger partial charge in [-0.05, 0) is 67.5 Å². The predicted molar refractivity (Wildman–Crippen MR) is 141 cm³/mol. The van der Waals surface area contributed by atoms with Gasteiger partial charge in [-0.2, -0.15) is 0 Å². The lowest BCUT2D eigenvalue weighted by Crippen LogP contribution is -2.25. The molecule has 0 atom stereocenters. The van der Waals surface area contributed by atoms with Gasteiger partial charge in [-0.3, -0.25) is 0 Å². The van der Waals surface area contributed by atoms with E-state index in [9.17, 15) is 0 Å². The predicted octanol–water partition coefficient (Wildman–Crippen LogP) is 7.85.